The standard InChI is InChI=1S/C15H15N5S/c16-13-9-5-1-2-6-10(9)14(18-13)19-20-15-17-11-7-3-4-8-12(11)21-15/h1-2,5-6,18H,3-4,7-8,16H2/b20-19+. The number of rotatable bonds is 2. The number of nitrogens with zero attached hydrogens (tertiary/aromatic N) is 3. The number of azo groups is 1. The van der Waals surface area contributed by atoms with Gasteiger partial charge in [0.2, 0.25) is 5.13 Å². The third-order valence-corrected chi connectivity index (χ3v) is 4.84. The minimum absolute atomic E-state index is 0.623. The number of aromatic amines is 1. The van der Waals surface area contributed by atoms with Gasteiger partial charge in [-0.05, 0) is 25.7 Å². The van der Waals surface area contributed by atoms with E-state index in [4.69, 9.17) is 5.73 Å². The van der Waals surface area contributed by atoms with Gasteiger partial charge in [0.05, 0.1) is 5.69 Å². The normalized spacial score (nSPS) is 14.9. The lowest BCUT2D eigenvalue weighted by Crippen LogP contribution is -1.98. The molecule has 0 radical (unpaired) electrons. The van der Waals surface area contributed by atoms with Crippen molar-refractivity contribution in [1.82, 2.24) is 9.97 Å². The van der Waals surface area contributed by atoms with Crippen molar-refractivity contribution in [2.45, 2.75) is 25.7 Å². The Kier molecular flexibility index (Phi) is 2.96. The second-order valence-corrected chi connectivity index (χ2v) is 6.27. The van der Waals surface area contributed by atoms with Gasteiger partial charge in [0.25, 0.3) is 0 Å². The van der Waals surface area contributed by atoms with Gasteiger partial charge in [-0.15, -0.1) is 10.2 Å². The number of nitrogens with two attached hydrogens (primary N) is 1. The van der Waals surface area contributed by atoms with Crippen molar-refractivity contribution < 1.29 is 0 Å². The Labute approximate surface area is 125 Å². The molecule has 0 fully saturated rings. The molecule has 2 heterocycles. The number of fused-ring (bicyclic) bond motifs is 2. The quantitative estimate of drug-likeness (QED) is 0.683. The molecule has 0 amide bonds. The predicted octanol–water partition coefficient (Wildman–Crippen LogP) is 4.50. The number of aryl methyl sites for hydroxylation is 2. The molecule has 2 aromatic heterocycles. The molecule has 0 atom stereocenters. The van der Waals surface area contributed by atoms with E-state index in [0.717, 1.165) is 28.7 Å². The van der Waals surface area contributed by atoms with E-state index >= 15 is 0 Å². The number of hydrogen-bond acceptors (Lipinski definition) is 5. The van der Waals surface area contributed by atoms with Gasteiger partial charge in [0.1, 0.15) is 5.82 Å². The Bertz CT molecular complexity index is 806. The number of nitrogens with one attached hydrogen (secondary N) is 1. The summed E-state index contributed by atoms with van der Waals surface area (Å²) in [6, 6.07) is 7.89. The SMILES string of the molecule is Nc1[nH]c(/N=N/c2nc3c(s2)CCCC3)c2ccccc12. The topological polar surface area (TPSA) is 79.4 Å². The number of benzene rings is 1. The average molecular weight is 297 g/mol. The van der Waals surface area contributed by atoms with Gasteiger partial charge in [0, 0.05) is 15.6 Å². The van der Waals surface area contributed by atoms with Crippen LogP contribution < -0.4 is 5.73 Å². The third-order valence-electron chi connectivity index (χ3n) is 3.80. The minimum atomic E-state index is 0.623. The molecule has 21 heavy (non-hydrogen) atoms. The van der Waals surface area contributed by atoms with E-state index in [1.807, 2.05) is 24.3 Å². The van der Waals surface area contributed by atoms with Crippen LogP contribution in [0.5, 0.6) is 0 Å². The molecule has 1 aliphatic carbocycles. The summed E-state index contributed by atoms with van der Waals surface area (Å²) in [5.41, 5.74) is 7.16. The Hall–Kier alpha value is -2.21. The van der Waals surface area contributed by atoms with Crippen LogP contribution in [0.2, 0.25) is 0 Å². The van der Waals surface area contributed by atoms with Crippen LogP contribution in [-0.2, 0) is 12.8 Å². The lowest BCUT2D eigenvalue weighted by molar-refractivity contribution is 0.682. The van der Waals surface area contributed by atoms with Crippen LogP contribution in [0, 0.1) is 0 Å². The van der Waals surface area contributed by atoms with Crippen LogP contribution in [0.25, 0.3) is 10.8 Å². The maximum atomic E-state index is 5.96. The molecule has 3 N–H and O–H groups in total. The zero-order valence-corrected chi connectivity index (χ0v) is 12.3. The summed E-state index contributed by atoms with van der Waals surface area (Å²) in [4.78, 5) is 9.01. The van der Waals surface area contributed by atoms with Gasteiger partial charge >= 0.3 is 0 Å². The van der Waals surface area contributed by atoms with Crippen molar-refractivity contribution >= 4 is 38.9 Å². The molecule has 3 aromatic rings. The molecule has 106 valence electrons. The second-order valence-electron chi connectivity index (χ2n) is 5.21. The highest BCUT2D eigenvalue weighted by atomic mass is 32.1. The zero-order valence-electron chi connectivity index (χ0n) is 11.5. The van der Waals surface area contributed by atoms with E-state index in [2.05, 4.69) is 20.2 Å². The Morgan fingerprint density at radius 3 is 2.76 bits per heavy atom. The maximum Gasteiger partial charge on any atom is 0.230 e. The van der Waals surface area contributed by atoms with Crippen LogP contribution in [-0.4, -0.2) is 9.97 Å². The average Bonchev–Trinajstić information content (AvgIpc) is 3.07. The molecule has 0 saturated carbocycles. The van der Waals surface area contributed by atoms with Crippen molar-refractivity contribution in [3.05, 3.63) is 34.8 Å². The highest BCUT2D eigenvalue weighted by Crippen LogP contribution is 2.34. The Morgan fingerprint density at radius 2 is 1.90 bits per heavy atom. The maximum absolute atomic E-state index is 5.96. The van der Waals surface area contributed by atoms with E-state index in [-0.39, 0.29) is 0 Å². The number of anilines is 1. The highest BCUT2D eigenvalue weighted by molar-refractivity contribution is 7.15. The fourth-order valence-corrected chi connectivity index (χ4v) is 3.71. The number of thiazole rings is 1. The van der Waals surface area contributed by atoms with Crippen molar-refractivity contribution in [3.8, 4) is 0 Å². The van der Waals surface area contributed by atoms with Crippen LogP contribution in [0.3, 0.4) is 0 Å². The number of H-pyrrole nitrogens is 1. The molecule has 0 aliphatic heterocycles. The lowest BCUT2D eigenvalue weighted by Gasteiger charge is -2.06. The summed E-state index contributed by atoms with van der Waals surface area (Å²) in [7, 11) is 0. The van der Waals surface area contributed by atoms with E-state index in [0.29, 0.717) is 11.6 Å². The third kappa shape index (κ3) is 2.21. The molecule has 0 saturated heterocycles. The van der Waals surface area contributed by atoms with Gasteiger partial charge < -0.3 is 10.7 Å². The molecular weight excluding hydrogens is 282 g/mol. The smallest absolute Gasteiger partial charge is 0.230 e. The molecule has 0 bridgehead atoms. The Morgan fingerprint density at radius 1 is 1.10 bits per heavy atom. The number of aromatic nitrogens is 2. The van der Waals surface area contributed by atoms with Gasteiger partial charge in [-0.25, -0.2) is 4.98 Å². The van der Waals surface area contributed by atoms with Crippen LogP contribution in [0.4, 0.5) is 16.8 Å². The van der Waals surface area contributed by atoms with Gasteiger partial charge in [-0.2, -0.15) is 0 Å². The molecule has 0 spiro atoms. The highest BCUT2D eigenvalue weighted by Gasteiger charge is 2.15. The monoisotopic (exact) mass is 297 g/mol. The minimum Gasteiger partial charge on any atom is -0.385 e. The molecule has 1 aliphatic rings. The number of hydrogen-bond donors (Lipinski definition) is 2. The second kappa shape index (κ2) is 4.96. The van der Waals surface area contributed by atoms with Gasteiger partial charge in [0.15, 0.2) is 5.82 Å². The summed E-state index contributed by atoms with van der Waals surface area (Å²) in [6.45, 7) is 0. The van der Waals surface area contributed by atoms with Crippen LogP contribution in [0.1, 0.15) is 23.4 Å². The van der Waals surface area contributed by atoms with E-state index < -0.39 is 0 Å². The first-order chi connectivity index (χ1) is 10.3. The summed E-state index contributed by atoms with van der Waals surface area (Å²) < 4.78 is 0. The fourth-order valence-electron chi connectivity index (χ4n) is 2.74. The van der Waals surface area contributed by atoms with Gasteiger partial charge in [-0.3, -0.25) is 0 Å². The largest absolute Gasteiger partial charge is 0.385 e. The van der Waals surface area contributed by atoms with Crippen molar-refractivity contribution in [2.75, 3.05) is 5.73 Å². The molecule has 6 heteroatoms. The number of nitrogen functional groups attached to an aromatic ring is 1. The molecule has 4 rings (SSSR count). The Balaban J connectivity index is 1.69. The van der Waals surface area contributed by atoms with Crippen molar-refractivity contribution in [3.63, 3.8) is 0 Å². The van der Waals surface area contributed by atoms with E-state index in [1.165, 1.54) is 23.4 Å². The summed E-state index contributed by atoms with van der Waals surface area (Å²) >= 11 is 1.65. The summed E-state index contributed by atoms with van der Waals surface area (Å²) in [5.74, 6) is 1.31. The predicted molar refractivity (Wildman–Crippen MR) is 85.6 cm³/mol. The molecule has 1 aromatic carbocycles. The summed E-state index contributed by atoms with van der Waals surface area (Å²) in [5, 5.41) is 11.3. The summed E-state index contributed by atoms with van der Waals surface area (Å²) in [6.07, 6.45) is 4.68. The van der Waals surface area contributed by atoms with Gasteiger partial charge in [-0.1, -0.05) is 35.6 Å². The fraction of sp³-hybridized carbons (Fsp3) is 0.267. The molecular formula is C15H15N5S. The zero-order chi connectivity index (χ0) is 14.2. The van der Waals surface area contributed by atoms with Crippen molar-refractivity contribution in [1.29, 1.82) is 0 Å². The first kappa shape index (κ1) is 12.5. The van der Waals surface area contributed by atoms with Crippen molar-refractivity contribution in [2.24, 2.45) is 10.2 Å². The van der Waals surface area contributed by atoms with Crippen LogP contribution in [0.15, 0.2) is 34.5 Å². The lowest BCUT2D eigenvalue weighted by atomic mass is 10.0. The van der Waals surface area contributed by atoms with Crippen LogP contribution >= 0.6 is 11.3 Å². The van der Waals surface area contributed by atoms with E-state index in [1.54, 1.807) is 11.3 Å². The first-order valence-corrected chi connectivity index (χ1v) is 7.89. The molecule has 5 nitrogen and oxygen atoms in total. The molecule has 0 unspecified atom stereocenters. The van der Waals surface area contributed by atoms with E-state index in [9.17, 15) is 0 Å². The first-order valence-electron chi connectivity index (χ1n) is 7.08.